The Morgan fingerprint density at radius 2 is 1.97 bits per heavy atom. The zero-order valence-electron chi connectivity index (χ0n) is 20.3. The van der Waals surface area contributed by atoms with Crippen LogP contribution in [-0.2, 0) is 17.9 Å². The summed E-state index contributed by atoms with van der Waals surface area (Å²) in [6.45, 7) is 7.22. The number of amides is 2. The molecule has 1 fully saturated rings. The van der Waals surface area contributed by atoms with Crippen molar-refractivity contribution in [2.24, 2.45) is 11.8 Å². The van der Waals surface area contributed by atoms with Crippen molar-refractivity contribution < 1.29 is 14.3 Å². The summed E-state index contributed by atoms with van der Waals surface area (Å²) in [5.74, 6) is 1.60. The number of fused-ring (bicyclic) bond motifs is 3. The molecule has 1 N–H and O–H groups in total. The van der Waals surface area contributed by atoms with Crippen LogP contribution >= 0.6 is 11.3 Å². The van der Waals surface area contributed by atoms with E-state index in [1.807, 2.05) is 53.3 Å². The fourth-order valence-electron chi connectivity index (χ4n) is 5.54. The van der Waals surface area contributed by atoms with E-state index >= 15 is 0 Å². The van der Waals surface area contributed by atoms with Crippen molar-refractivity contribution in [2.75, 3.05) is 7.11 Å². The predicted octanol–water partition coefficient (Wildman–Crippen LogP) is 5.07. The minimum Gasteiger partial charge on any atom is -0.497 e. The van der Waals surface area contributed by atoms with E-state index in [0.29, 0.717) is 30.6 Å². The van der Waals surface area contributed by atoms with E-state index in [-0.39, 0.29) is 17.9 Å². The van der Waals surface area contributed by atoms with Crippen LogP contribution in [0.3, 0.4) is 0 Å². The standard InChI is InChI=1S/C27H33N3O3S/c1-17-6-5-7-21(18(17)2)28-26(32)27(3)16-29-22-12-13-34-24(22)14-23(29)25(31)30(27)15-19-8-10-20(33-4)11-9-19/h8-14,17-18,21H,5-7,15-16H2,1-4H3,(H,28,32). The van der Waals surface area contributed by atoms with Gasteiger partial charge in [-0.05, 0) is 60.4 Å². The minimum absolute atomic E-state index is 0.0666. The molecule has 0 bridgehead atoms. The molecule has 1 aliphatic heterocycles. The number of hydrogen-bond acceptors (Lipinski definition) is 4. The quantitative estimate of drug-likeness (QED) is 0.556. The molecule has 0 spiro atoms. The molecule has 1 saturated carbocycles. The van der Waals surface area contributed by atoms with Gasteiger partial charge in [-0.3, -0.25) is 9.59 Å². The molecule has 2 aliphatic rings. The summed E-state index contributed by atoms with van der Waals surface area (Å²) in [4.78, 5) is 29.6. The normalized spacial score (nSPS) is 27.0. The van der Waals surface area contributed by atoms with Gasteiger partial charge in [0.15, 0.2) is 0 Å². The fraction of sp³-hybridized carbons (Fsp3) is 0.481. The lowest BCUT2D eigenvalue weighted by Gasteiger charge is -2.45. The van der Waals surface area contributed by atoms with Crippen LogP contribution in [0.15, 0.2) is 41.8 Å². The number of benzene rings is 1. The molecule has 4 atom stereocenters. The van der Waals surface area contributed by atoms with Gasteiger partial charge in [-0.1, -0.05) is 38.8 Å². The highest BCUT2D eigenvalue weighted by Crippen LogP contribution is 2.36. The second-order valence-electron chi connectivity index (χ2n) is 10.1. The topological polar surface area (TPSA) is 63.6 Å². The zero-order valence-corrected chi connectivity index (χ0v) is 21.2. The average Bonchev–Trinajstić information content (AvgIpc) is 3.42. The van der Waals surface area contributed by atoms with Gasteiger partial charge in [0, 0.05) is 12.6 Å². The van der Waals surface area contributed by atoms with Gasteiger partial charge in [0.05, 0.1) is 23.9 Å². The van der Waals surface area contributed by atoms with Crippen LogP contribution in [0.25, 0.3) is 10.2 Å². The Morgan fingerprint density at radius 3 is 2.71 bits per heavy atom. The molecule has 2 amide bonds. The van der Waals surface area contributed by atoms with Gasteiger partial charge in [-0.25, -0.2) is 0 Å². The summed E-state index contributed by atoms with van der Waals surface area (Å²) in [6, 6.07) is 11.8. The zero-order chi connectivity index (χ0) is 24.0. The maximum absolute atomic E-state index is 14.0. The minimum atomic E-state index is -1.00. The Labute approximate surface area is 204 Å². The molecule has 5 rings (SSSR count). The first-order chi connectivity index (χ1) is 16.3. The summed E-state index contributed by atoms with van der Waals surface area (Å²) in [6.07, 6.45) is 3.32. The SMILES string of the molecule is COc1ccc(CN2C(=O)c3cc4sccc4n3CC2(C)C(=O)NC2CCCC(C)C2C)cc1. The number of rotatable bonds is 5. The lowest BCUT2D eigenvalue weighted by molar-refractivity contribution is -0.134. The molecule has 34 heavy (non-hydrogen) atoms. The molecule has 180 valence electrons. The molecule has 0 saturated heterocycles. The molecule has 6 nitrogen and oxygen atoms in total. The molecule has 4 unspecified atom stereocenters. The van der Waals surface area contributed by atoms with E-state index in [1.54, 1.807) is 23.3 Å². The van der Waals surface area contributed by atoms with E-state index in [0.717, 1.165) is 34.4 Å². The number of methoxy groups -OCH3 is 1. The number of carbonyl (C=O) groups excluding carboxylic acids is 2. The summed E-state index contributed by atoms with van der Waals surface area (Å²) in [7, 11) is 1.64. The third-order valence-corrected chi connectivity index (χ3v) is 8.91. The van der Waals surface area contributed by atoms with Crippen molar-refractivity contribution in [3.8, 4) is 5.75 Å². The Morgan fingerprint density at radius 1 is 1.21 bits per heavy atom. The maximum atomic E-state index is 14.0. The highest BCUT2D eigenvalue weighted by molar-refractivity contribution is 7.17. The number of nitrogens with zero attached hydrogens (tertiary/aromatic N) is 2. The highest BCUT2D eigenvalue weighted by atomic mass is 32.1. The first-order valence-electron chi connectivity index (χ1n) is 12.1. The van der Waals surface area contributed by atoms with Crippen LogP contribution in [0.5, 0.6) is 5.75 Å². The Balaban J connectivity index is 1.51. The van der Waals surface area contributed by atoms with Gasteiger partial charge in [-0.15, -0.1) is 11.3 Å². The molecule has 2 aromatic heterocycles. The monoisotopic (exact) mass is 479 g/mol. The fourth-order valence-corrected chi connectivity index (χ4v) is 6.37. The molecular formula is C27H33N3O3S. The predicted molar refractivity (Wildman–Crippen MR) is 135 cm³/mol. The van der Waals surface area contributed by atoms with Gasteiger partial charge in [0.2, 0.25) is 5.91 Å². The molecular weight excluding hydrogens is 446 g/mol. The number of thiophene rings is 1. The van der Waals surface area contributed by atoms with E-state index in [2.05, 4.69) is 19.2 Å². The van der Waals surface area contributed by atoms with Crippen LogP contribution in [-0.4, -0.2) is 40.0 Å². The van der Waals surface area contributed by atoms with Gasteiger partial charge >= 0.3 is 0 Å². The van der Waals surface area contributed by atoms with Crippen LogP contribution in [0.4, 0.5) is 0 Å². The lowest BCUT2D eigenvalue weighted by atomic mass is 9.77. The number of aromatic nitrogens is 1. The van der Waals surface area contributed by atoms with Crippen LogP contribution in [0.1, 0.15) is 56.1 Å². The van der Waals surface area contributed by atoms with E-state index in [9.17, 15) is 9.59 Å². The van der Waals surface area contributed by atoms with E-state index < -0.39 is 5.54 Å². The first-order valence-corrected chi connectivity index (χ1v) is 13.0. The summed E-state index contributed by atoms with van der Waals surface area (Å²) < 4.78 is 8.40. The molecule has 3 heterocycles. The van der Waals surface area contributed by atoms with Crippen molar-refractivity contribution in [1.29, 1.82) is 0 Å². The lowest BCUT2D eigenvalue weighted by Crippen LogP contribution is -2.65. The summed E-state index contributed by atoms with van der Waals surface area (Å²) in [5.41, 5.74) is 1.64. The van der Waals surface area contributed by atoms with E-state index in [1.165, 1.54) is 6.42 Å². The van der Waals surface area contributed by atoms with Crippen molar-refractivity contribution in [3.63, 3.8) is 0 Å². The Bertz CT molecular complexity index is 1210. The van der Waals surface area contributed by atoms with Crippen LogP contribution < -0.4 is 10.1 Å². The Kier molecular flexibility index (Phi) is 5.92. The van der Waals surface area contributed by atoms with Crippen molar-refractivity contribution in [3.05, 3.63) is 53.0 Å². The average molecular weight is 480 g/mol. The smallest absolute Gasteiger partial charge is 0.271 e. The second kappa shape index (κ2) is 8.77. The third-order valence-electron chi connectivity index (χ3n) is 8.06. The molecule has 0 radical (unpaired) electrons. The van der Waals surface area contributed by atoms with Gasteiger partial charge in [0.1, 0.15) is 17.0 Å². The second-order valence-corrected chi connectivity index (χ2v) is 11.1. The first kappa shape index (κ1) is 23.0. The molecule has 1 aromatic carbocycles. The van der Waals surface area contributed by atoms with Crippen molar-refractivity contribution >= 4 is 33.4 Å². The molecule has 3 aromatic rings. The van der Waals surface area contributed by atoms with E-state index in [4.69, 9.17) is 4.74 Å². The van der Waals surface area contributed by atoms with Crippen LogP contribution in [0.2, 0.25) is 0 Å². The third kappa shape index (κ3) is 3.80. The molecule has 7 heteroatoms. The van der Waals surface area contributed by atoms with Gasteiger partial charge in [-0.2, -0.15) is 0 Å². The van der Waals surface area contributed by atoms with Gasteiger partial charge < -0.3 is 19.5 Å². The summed E-state index contributed by atoms with van der Waals surface area (Å²) >= 11 is 1.62. The number of hydrogen-bond donors (Lipinski definition) is 1. The van der Waals surface area contributed by atoms with Crippen LogP contribution in [0, 0.1) is 11.8 Å². The van der Waals surface area contributed by atoms with Crippen molar-refractivity contribution in [2.45, 2.75) is 64.7 Å². The highest BCUT2D eigenvalue weighted by Gasteiger charge is 2.48. The summed E-state index contributed by atoms with van der Waals surface area (Å²) in [5, 5.41) is 5.40. The number of carbonyl (C=O) groups is 2. The van der Waals surface area contributed by atoms with Gasteiger partial charge in [0.25, 0.3) is 5.91 Å². The number of ether oxygens (including phenoxy) is 1. The largest absolute Gasteiger partial charge is 0.497 e. The Hall–Kier alpha value is -2.80. The maximum Gasteiger partial charge on any atom is 0.271 e. The van der Waals surface area contributed by atoms with Crippen molar-refractivity contribution in [1.82, 2.24) is 14.8 Å². The number of nitrogens with one attached hydrogen (secondary N) is 1. The molecule has 1 aliphatic carbocycles.